The van der Waals surface area contributed by atoms with Gasteiger partial charge in [0.2, 0.25) is 0 Å². The summed E-state index contributed by atoms with van der Waals surface area (Å²) < 4.78 is 27.0. The van der Waals surface area contributed by atoms with Crippen LogP contribution < -0.4 is 0 Å². The molecule has 0 spiro atoms. The molecule has 7 heteroatoms. The Balaban J connectivity index is 2.61. The first kappa shape index (κ1) is 20.9. The first-order valence-electron chi connectivity index (χ1n) is 7.61. The average Bonchev–Trinajstić information content (AvgIpc) is 2.53. The zero-order valence-corrected chi connectivity index (χ0v) is 17.5. The highest BCUT2D eigenvalue weighted by molar-refractivity contribution is 7.93. The fraction of sp³-hybridized carbons (Fsp3) is 0.333. The number of rotatable bonds is 4. The van der Waals surface area contributed by atoms with Crippen LogP contribution in [0.5, 0.6) is 0 Å². The molecule has 0 aliphatic heterocycles. The third-order valence-electron chi connectivity index (χ3n) is 4.14. The van der Waals surface area contributed by atoms with Gasteiger partial charge in [0.25, 0.3) is 0 Å². The first-order valence-corrected chi connectivity index (χ1v) is 10.7. The maximum absolute atomic E-state index is 13.5. The lowest BCUT2D eigenvalue weighted by atomic mass is 9.97. The van der Waals surface area contributed by atoms with Crippen LogP contribution in [0.3, 0.4) is 0 Å². The molecule has 0 aromatic heterocycles. The zero-order valence-electron chi connectivity index (χ0n) is 13.7. The van der Waals surface area contributed by atoms with E-state index in [0.717, 1.165) is 0 Å². The summed E-state index contributed by atoms with van der Waals surface area (Å²) in [5, 5.41) is -1.71. The summed E-state index contributed by atoms with van der Waals surface area (Å²) in [5.41, 5.74) is 0. The standard InChI is InChI=1S/C18H18Cl4O2S/c1-3-11-17(21)13(19)7-5-9-15(17)25(23,24)16-10-6-8-14(20)18(16,22)12-4-2/h3-12,15-16H,1-2H3. The van der Waals surface area contributed by atoms with Crippen LogP contribution >= 0.6 is 46.4 Å². The highest BCUT2D eigenvalue weighted by atomic mass is 35.5. The second-order valence-electron chi connectivity index (χ2n) is 5.77. The molecule has 2 rings (SSSR count). The zero-order chi connectivity index (χ0) is 18.9. The van der Waals surface area contributed by atoms with E-state index in [1.807, 2.05) is 0 Å². The Labute approximate surface area is 169 Å². The summed E-state index contributed by atoms with van der Waals surface area (Å²) in [5.74, 6) is 0. The molecule has 0 bridgehead atoms. The van der Waals surface area contributed by atoms with Crippen molar-refractivity contribution in [3.8, 4) is 0 Å². The fourth-order valence-electron chi connectivity index (χ4n) is 2.98. The van der Waals surface area contributed by atoms with Gasteiger partial charge in [-0.3, -0.25) is 0 Å². The van der Waals surface area contributed by atoms with Crippen LogP contribution in [0, 0.1) is 0 Å². The maximum atomic E-state index is 13.5. The number of sulfone groups is 1. The Morgan fingerprint density at radius 3 is 1.56 bits per heavy atom. The van der Waals surface area contributed by atoms with Crippen LogP contribution in [-0.2, 0) is 9.84 Å². The van der Waals surface area contributed by atoms with Gasteiger partial charge >= 0.3 is 0 Å². The van der Waals surface area contributed by atoms with Crippen molar-refractivity contribution in [3.63, 3.8) is 0 Å². The minimum atomic E-state index is -3.90. The monoisotopic (exact) mass is 438 g/mol. The Bertz CT molecular complexity index is 758. The fourth-order valence-corrected chi connectivity index (χ4v) is 7.19. The van der Waals surface area contributed by atoms with E-state index in [4.69, 9.17) is 46.4 Å². The molecule has 136 valence electrons. The molecular formula is C18H18Cl4O2S. The highest BCUT2D eigenvalue weighted by Crippen LogP contribution is 2.46. The van der Waals surface area contributed by atoms with E-state index < -0.39 is 30.1 Å². The van der Waals surface area contributed by atoms with Gasteiger partial charge in [0.1, 0.15) is 20.2 Å². The Morgan fingerprint density at radius 1 is 0.880 bits per heavy atom. The third-order valence-corrected chi connectivity index (χ3v) is 9.08. The molecule has 0 fully saturated rings. The van der Waals surface area contributed by atoms with Crippen molar-refractivity contribution in [2.75, 3.05) is 0 Å². The normalized spacial score (nSPS) is 36.1. The minimum Gasteiger partial charge on any atom is -0.227 e. The number of hydrogen-bond donors (Lipinski definition) is 0. The number of allylic oxidation sites excluding steroid dienone is 10. The minimum absolute atomic E-state index is 0.232. The van der Waals surface area contributed by atoms with E-state index in [0.29, 0.717) is 0 Å². The van der Waals surface area contributed by atoms with Crippen LogP contribution in [0.15, 0.2) is 70.8 Å². The molecule has 2 aliphatic carbocycles. The van der Waals surface area contributed by atoms with E-state index in [-0.39, 0.29) is 10.1 Å². The van der Waals surface area contributed by atoms with Crippen molar-refractivity contribution in [1.82, 2.24) is 0 Å². The smallest absolute Gasteiger partial charge is 0.168 e. The van der Waals surface area contributed by atoms with Gasteiger partial charge in [-0.05, 0) is 26.0 Å². The second-order valence-corrected chi connectivity index (χ2v) is 10.0. The number of halogens is 4. The molecule has 4 unspecified atom stereocenters. The van der Waals surface area contributed by atoms with Crippen LogP contribution in [0.25, 0.3) is 0 Å². The van der Waals surface area contributed by atoms with Gasteiger partial charge in [0, 0.05) is 10.1 Å². The lowest BCUT2D eigenvalue weighted by Crippen LogP contribution is -2.51. The lowest BCUT2D eigenvalue weighted by molar-refractivity contribution is 0.568. The topological polar surface area (TPSA) is 34.1 Å². The molecule has 25 heavy (non-hydrogen) atoms. The summed E-state index contributed by atoms with van der Waals surface area (Å²) in [6.07, 6.45) is 15.9. The predicted molar refractivity (Wildman–Crippen MR) is 109 cm³/mol. The Hall–Kier alpha value is -0.450. The van der Waals surface area contributed by atoms with Crippen LogP contribution in [0.2, 0.25) is 0 Å². The van der Waals surface area contributed by atoms with Crippen LogP contribution in [-0.4, -0.2) is 28.7 Å². The van der Waals surface area contributed by atoms with Gasteiger partial charge < -0.3 is 0 Å². The van der Waals surface area contributed by atoms with Crippen molar-refractivity contribution in [3.05, 3.63) is 70.8 Å². The van der Waals surface area contributed by atoms with E-state index in [9.17, 15) is 8.42 Å². The molecule has 0 aromatic rings. The molecule has 0 N–H and O–H groups in total. The first-order chi connectivity index (χ1) is 11.6. The van der Waals surface area contributed by atoms with Crippen LogP contribution in [0.4, 0.5) is 0 Å². The van der Waals surface area contributed by atoms with Crippen LogP contribution in [0.1, 0.15) is 13.8 Å². The molecule has 2 aliphatic rings. The summed E-state index contributed by atoms with van der Waals surface area (Å²) in [7, 11) is -3.90. The summed E-state index contributed by atoms with van der Waals surface area (Å²) in [6.45, 7) is 3.50. The van der Waals surface area contributed by atoms with Crippen molar-refractivity contribution < 1.29 is 8.42 Å². The molecule has 0 radical (unpaired) electrons. The van der Waals surface area contributed by atoms with E-state index >= 15 is 0 Å². The largest absolute Gasteiger partial charge is 0.227 e. The van der Waals surface area contributed by atoms with Gasteiger partial charge in [-0.25, -0.2) is 8.42 Å². The average molecular weight is 440 g/mol. The molecule has 2 nitrogen and oxygen atoms in total. The third kappa shape index (κ3) is 3.54. The van der Waals surface area contributed by atoms with Gasteiger partial charge in [-0.2, -0.15) is 0 Å². The van der Waals surface area contributed by atoms with Crippen molar-refractivity contribution in [2.45, 2.75) is 34.1 Å². The van der Waals surface area contributed by atoms with Gasteiger partial charge in [0.05, 0.1) is 0 Å². The molecule has 0 amide bonds. The number of alkyl halides is 2. The second kappa shape index (κ2) is 7.66. The van der Waals surface area contributed by atoms with E-state index in [1.165, 1.54) is 12.2 Å². The molecule has 4 atom stereocenters. The molecule has 0 saturated carbocycles. The molecule has 0 saturated heterocycles. The van der Waals surface area contributed by atoms with Crippen molar-refractivity contribution in [2.24, 2.45) is 0 Å². The highest BCUT2D eigenvalue weighted by Gasteiger charge is 2.53. The van der Waals surface area contributed by atoms with E-state index in [1.54, 1.807) is 62.5 Å². The summed E-state index contributed by atoms with van der Waals surface area (Å²) in [4.78, 5) is -2.78. The Kier molecular flexibility index (Phi) is 6.39. The lowest BCUT2D eigenvalue weighted by Gasteiger charge is -2.39. The SMILES string of the molecule is CC=CC1(Cl)C(Cl)=CC=CC1S(=O)(=O)C1C=CC=C(Cl)C1(Cl)C=CC. The summed E-state index contributed by atoms with van der Waals surface area (Å²) >= 11 is 25.8. The van der Waals surface area contributed by atoms with Crippen molar-refractivity contribution >= 4 is 56.2 Å². The molecular weight excluding hydrogens is 422 g/mol. The molecule has 0 heterocycles. The van der Waals surface area contributed by atoms with Gasteiger partial charge in [-0.1, -0.05) is 71.8 Å². The Morgan fingerprint density at radius 2 is 1.24 bits per heavy atom. The number of hydrogen-bond acceptors (Lipinski definition) is 2. The predicted octanol–water partition coefficient (Wildman–Crippen LogP) is 5.63. The maximum Gasteiger partial charge on any atom is 0.168 e. The van der Waals surface area contributed by atoms with Gasteiger partial charge in [-0.15, -0.1) is 23.2 Å². The van der Waals surface area contributed by atoms with Gasteiger partial charge in [0.15, 0.2) is 9.84 Å². The quantitative estimate of drug-likeness (QED) is 0.420. The summed E-state index contributed by atoms with van der Waals surface area (Å²) in [6, 6.07) is 0. The molecule has 0 aromatic carbocycles. The van der Waals surface area contributed by atoms with Crippen molar-refractivity contribution in [1.29, 1.82) is 0 Å². The van der Waals surface area contributed by atoms with E-state index in [2.05, 4.69) is 0 Å².